The third-order valence-corrected chi connectivity index (χ3v) is 3.95. The molecule has 0 N–H and O–H groups in total. The zero-order valence-corrected chi connectivity index (χ0v) is 12.7. The van der Waals surface area contributed by atoms with Gasteiger partial charge < -0.3 is 4.74 Å². The molecule has 1 unspecified atom stereocenters. The van der Waals surface area contributed by atoms with E-state index in [4.69, 9.17) is 16.3 Å². The van der Waals surface area contributed by atoms with Crippen molar-refractivity contribution in [2.24, 2.45) is 0 Å². The van der Waals surface area contributed by atoms with Gasteiger partial charge in [0.05, 0.1) is 10.6 Å². The Bertz CT molecular complexity index is 718. The van der Waals surface area contributed by atoms with Crippen LogP contribution in [-0.2, 0) is 9.53 Å². The number of halogens is 1. The molecule has 110 valence electrons. The quantitative estimate of drug-likeness (QED) is 0.608. The van der Waals surface area contributed by atoms with Gasteiger partial charge >= 0.3 is 5.97 Å². The predicted octanol–water partition coefficient (Wildman–Crippen LogP) is 4.67. The fourth-order valence-electron chi connectivity index (χ4n) is 2.36. The first kappa shape index (κ1) is 14.6. The maximum atomic E-state index is 12.0. The van der Waals surface area contributed by atoms with E-state index in [1.165, 1.54) is 0 Å². The Morgan fingerprint density at radius 1 is 1.05 bits per heavy atom. The highest BCUT2D eigenvalue weighted by Gasteiger charge is 2.29. The Balaban J connectivity index is 1.78. The van der Waals surface area contributed by atoms with Crippen molar-refractivity contribution in [3.05, 3.63) is 83.4 Å². The maximum absolute atomic E-state index is 12.0. The van der Waals surface area contributed by atoms with Crippen LogP contribution in [-0.4, -0.2) is 12.1 Å². The smallest absolute Gasteiger partial charge is 0.336 e. The number of rotatable bonds is 3. The SMILES string of the molecule is O=C1OC(/C=C/c2ccccc2)C/C1=C(/Cl)c1ccccc1. The Morgan fingerprint density at radius 2 is 1.68 bits per heavy atom. The summed E-state index contributed by atoms with van der Waals surface area (Å²) in [7, 11) is 0. The van der Waals surface area contributed by atoms with Crippen LogP contribution in [0.5, 0.6) is 0 Å². The molecule has 0 radical (unpaired) electrons. The van der Waals surface area contributed by atoms with Gasteiger partial charge in [0.2, 0.25) is 0 Å². The van der Waals surface area contributed by atoms with Crippen molar-refractivity contribution in [2.75, 3.05) is 0 Å². The number of carbonyl (C=O) groups excluding carboxylic acids is 1. The van der Waals surface area contributed by atoms with E-state index in [1.54, 1.807) is 0 Å². The van der Waals surface area contributed by atoms with Gasteiger partial charge in [-0.25, -0.2) is 4.79 Å². The molecule has 0 amide bonds. The van der Waals surface area contributed by atoms with E-state index in [-0.39, 0.29) is 12.1 Å². The van der Waals surface area contributed by atoms with Gasteiger partial charge in [-0.05, 0) is 17.2 Å². The number of esters is 1. The molecule has 0 bridgehead atoms. The van der Waals surface area contributed by atoms with Crippen LogP contribution in [0.1, 0.15) is 17.5 Å². The highest BCUT2D eigenvalue weighted by Crippen LogP contribution is 2.32. The van der Waals surface area contributed by atoms with Gasteiger partial charge in [-0.1, -0.05) is 78.3 Å². The van der Waals surface area contributed by atoms with Crippen molar-refractivity contribution in [1.82, 2.24) is 0 Å². The molecule has 0 saturated carbocycles. The van der Waals surface area contributed by atoms with Crippen LogP contribution in [0, 0.1) is 0 Å². The monoisotopic (exact) mass is 310 g/mol. The summed E-state index contributed by atoms with van der Waals surface area (Å²) < 4.78 is 5.37. The number of hydrogen-bond donors (Lipinski definition) is 0. The predicted molar refractivity (Wildman–Crippen MR) is 89.2 cm³/mol. The molecule has 2 aromatic rings. The Morgan fingerprint density at radius 3 is 2.36 bits per heavy atom. The lowest BCUT2D eigenvalue weighted by Crippen LogP contribution is -2.02. The number of hydrogen-bond acceptors (Lipinski definition) is 2. The lowest BCUT2D eigenvalue weighted by Gasteiger charge is -2.01. The molecule has 2 nitrogen and oxygen atoms in total. The van der Waals surface area contributed by atoms with E-state index in [1.807, 2.05) is 72.8 Å². The lowest BCUT2D eigenvalue weighted by molar-refractivity contribution is -0.137. The maximum Gasteiger partial charge on any atom is 0.336 e. The van der Waals surface area contributed by atoms with Crippen molar-refractivity contribution >= 4 is 28.7 Å². The second kappa shape index (κ2) is 6.63. The minimum Gasteiger partial charge on any atom is -0.454 e. The Labute approximate surface area is 134 Å². The van der Waals surface area contributed by atoms with Gasteiger partial charge in [0, 0.05) is 6.42 Å². The van der Waals surface area contributed by atoms with Crippen LogP contribution >= 0.6 is 11.6 Å². The summed E-state index contributed by atoms with van der Waals surface area (Å²) in [6.45, 7) is 0. The van der Waals surface area contributed by atoms with Crippen molar-refractivity contribution < 1.29 is 9.53 Å². The van der Waals surface area contributed by atoms with Crippen molar-refractivity contribution in [1.29, 1.82) is 0 Å². The van der Waals surface area contributed by atoms with Gasteiger partial charge in [0.25, 0.3) is 0 Å². The normalized spacial score (nSPS) is 20.2. The van der Waals surface area contributed by atoms with Crippen LogP contribution in [0.15, 0.2) is 72.3 Å². The van der Waals surface area contributed by atoms with Crippen molar-refractivity contribution in [2.45, 2.75) is 12.5 Å². The van der Waals surface area contributed by atoms with Gasteiger partial charge in [-0.3, -0.25) is 0 Å². The summed E-state index contributed by atoms with van der Waals surface area (Å²) in [4.78, 5) is 12.0. The summed E-state index contributed by atoms with van der Waals surface area (Å²) in [5, 5.41) is 0.473. The van der Waals surface area contributed by atoms with Gasteiger partial charge in [-0.2, -0.15) is 0 Å². The molecule has 1 atom stereocenters. The Hall–Kier alpha value is -2.32. The number of ether oxygens (including phenoxy) is 1. The summed E-state index contributed by atoms with van der Waals surface area (Å²) >= 11 is 6.34. The molecular formula is C19H15ClO2. The van der Waals surface area contributed by atoms with E-state index in [2.05, 4.69) is 0 Å². The fourth-order valence-corrected chi connectivity index (χ4v) is 2.64. The molecule has 0 aromatic heterocycles. The topological polar surface area (TPSA) is 26.3 Å². The first-order valence-electron chi connectivity index (χ1n) is 7.12. The first-order chi connectivity index (χ1) is 10.7. The summed E-state index contributed by atoms with van der Waals surface area (Å²) in [6, 6.07) is 19.4. The summed E-state index contributed by atoms with van der Waals surface area (Å²) in [5.41, 5.74) is 2.45. The van der Waals surface area contributed by atoms with E-state index in [0.717, 1.165) is 11.1 Å². The minimum absolute atomic E-state index is 0.264. The Kier molecular flexibility index (Phi) is 4.40. The van der Waals surface area contributed by atoms with Crippen LogP contribution in [0.2, 0.25) is 0 Å². The van der Waals surface area contributed by atoms with E-state index in [9.17, 15) is 4.79 Å². The van der Waals surface area contributed by atoms with Gasteiger partial charge in [0.1, 0.15) is 6.10 Å². The van der Waals surface area contributed by atoms with E-state index in [0.29, 0.717) is 17.0 Å². The summed E-state index contributed by atoms with van der Waals surface area (Å²) in [5.74, 6) is -0.337. The molecule has 1 aliphatic heterocycles. The van der Waals surface area contributed by atoms with Crippen LogP contribution in [0.25, 0.3) is 11.1 Å². The molecule has 0 spiro atoms. The molecule has 1 fully saturated rings. The van der Waals surface area contributed by atoms with Crippen molar-refractivity contribution in [3.63, 3.8) is 0 Å². The molecular weight excluding hydrogens is 296 g/mol. The number of cyclic esters (lactones) is 1. The minimum atomic E-state index is -0.337. The van der Waals surface area contributed by atoms with Crippen LogP contribution in [0.4, 0.5) is 0 Å². The second-order valence-corrected chi connectivity index (χ2v) is 5.45. The molecule has 0 aliphatic carbocycles. The molecule has 3 heteroatoms. The molecule has 3 rings (SSSR count). The van der Waals surface area contributed by atoms with Gasteiger partial charge in [-0.15, -0.1) is 0 Å². The van der Waals surface area contributed by atoms with Crippen LogP contribution in [0.3, 0.4) is 0 Å². The van der Waals surface area contributed by atoms with Crippen LogP contribution < -0.4 is 0 Å². The van der Waals surface area contributed by atoms with E-state index >= 15 is 0 Å². The third-order valence-electron chi connectivity index (χ3n) is 3.51. The highest BCUT2D eigenvalue weighted by atomic mass is 35.5. The second-order valence-electron chi connectivity index (χ2n) is 5.08. The molecule has 2 aromatic carbocycles. The largest absolute Gasteiger partial charge is 0.454 e. The molecule has 22 heavy (non-hydrogen) atoms. The number of carbonyl (C=O) groups is 1. The third kappa shape index (κ3) is 3.29. The average Bonchev–Trinajstić information content (AvgIpc) is 2.95. The van der Waals surface area contributed by atoms with E-state index < -0.39 is 0 Å². The zero-order valence-electron chi connectivity index (χ0n) is 11.9. The number of benzene rings is 2. The average molecular weight is 311 g/mol. The molecule has 1 heterocycles. The zero-order chi connectivity index (χ0) is 15.4. The fraction of sp³-hybridized carbons (Fsp3) is 0.105. The molecule has 1 aliphatic rings. The first-order valence-corrected chi connectivity index (χ1v) is 7.50. The standard InChI is InChI=1S/C19H15ClO2/c20-18(15-9-5-2-6-10-15)17-13-16(22-19(17)21)12-11-14-7-3-1-4-8-14/h1-12,16H,13H2/b12-11+,18-17-. The van der Waals surface area contributed by atoms with Crippen molar-refractivity contribution in [3.8, 4) is 0 Å². The van der Waals surface area contributed by atoms with Gasteiger partial charge in [0.15, 0.2) is 0 Å². The summed E-state index contributed by atoms with van der Waals surface area (Å²) in [6.07, 6.45) is 4.09. The lowest BCUT2D eigenvalue weighted by atomic mass is 10.1. The molecule has 1 saturated heterocycles. The highest BCUT2D eigenvalue weighted by molar-refractivity contribution is 6.51.